The van der Waals surface area contributed by atoms with Crippen molar-refractivity contribution in [2.24, 2.45) is 0 Å². The first-order chi connectivity index (χ1) is 7.72. The largest absolute Gasteiger partial charge is 0.384 e. The van der Waals surface area contributed by atoms with Crippen molar-refractivity contribution in [2.45, 2.75) is 26.3 Å². The smallest absolute Gasteiger partial charge is 0.182 e. The number of pyridine rings is 1. The average Bonchev–Trinajstić information content (AvgIpc) is 2.77. The highest BCUT2D eigenvalue weighted by Crippen LogP contribution is 2.20. The van der Waals surface area contributed by atoms with Crippen LogP contribution in [-0.2, 0) is 0 Å². The van der Waals surface area contributed by atoms with Crippen LogP contribution in [0.4, 0.5) is 5.82 Å². The highest BCUT2D eigenvalue weighted by atomic mass is 15.3. The Morgan fingerprint density at radius 1 is 1.44 bits per heavy atom. The lowest BCUT2D eigenvalue weighted by Crippen LogP contribution is -2.05. The molecule has 2 heterocycles. The van der Waals surface area contributed by atoms with Gasteiger partial charge in [0, 0.05) is 6.04 Å². The van der Waals surface area contributed by atoms with E-state index < -0.39 is 0 Å². The van der Waals surface area contributed by atoms with E-state index in [1.54, 1.807) is 12.4 Å². The maximum absolute atomic E-state index is 5.65. The quantitative estimate of drug-likeness (QED) is 0.852. The van der Waals surface area contributed by atoms with Crippen molar-refractivity contribution in [1.82, 2.24) is 19.7 Å². The molecule has 0 saturated heterocycles. The minimum absolute atomic E-state index is 0.355. The fourth-order valence-corrected chi connectivity index (χ4v) is 1.52. The molecule has 2 rings (SSSR count). The topological polar surface area (TPSA) is 69.6 Å². The Hall–Kier alpha value is -1.91. The highest BCUT2D eigenvalue weighted by molar-refractivity contribution is 5.52. The van der Waals surface area contributed by atoms with E-state index in [2.05, 4.69) is 29.0 Å². The van der Waals surface area contributed by atoms with E-state index in [1.807, 2.05) is 16.7 Å². The molecule has 0 radical (unpaired) electrons. The molecule has 5 nitrogen and oxygen atoms in total. The summed E-state index contributed by atoms with van der Waals surface area (Å²) in [6.45, 7) is 4.25. The average molecular weight is 217 g/mol. The molecule has 0 fully saturated rings. The van der Waals surface area contributed by atoms with Crippen LogP contribution in [0, 0.1) is 0 Å². The van der Waals surface area contributed by atoms with Crippen molar-refractivity contribution in [2.75, 3.05) is 5.73 Å². The van der Waals surface area contributed by atoms with E-state index in [0.717, 1.165) is 17.9 Å². The van der Waals surface area contributed by atoms with Gasteiger partial charge in [0.2, 0.25) is 0 Å². The first kappa shape index (κ1) is 10.6. The minimum Gasteiger partial charge on any atom is -0.384 e. The zero-order valence-electron chi connectivity index (χ0n) is 9.46. The first-order valence-corrected chi connectivity index (χ1v) is 5.34. The number of hydrogen-bond acceptors (Lipinski definition) is 4. The maximum Gasteiger partial charge on any atom is 0.182 e. The number of nitrogens with zero attached hydrogens (tertiary/aromatic N) is 4. The summed E-state index contributed by atoms with van der Waals surface area (Å²) in [4.78, 5) is 4.25. The molecular formula is C11H15N5. The van der Waals surface area contributed by atoms with Gasteiger partial charge in [0.05, 0.1) is 0 Å². The van der Waals surface area contributed by atoms with Gasteiger partial charge in [-0.15, -0.1) is 10.2 Å². The monoisotopic (exact) mass is 217 g/mol. The van der Waals surface area contributed by atoms with Gasteiger partial charge in [0.15, 0.2) is 5.82 Å². The molecule has 2 aromatic heterocycles. The Kier molecular flexibility index (Phi) is 2.85. The first-order valence-electron chi connectivity index (χ1n) is 5.34. The van der Waals surface area contributed by atoms with Crippen LogP contribution in [0.15, 0.2) is 24.5 Å². The van der Waals surface area contributed by atoms with E-state index in [4.69, 9.17) is 5.73 Å². The van der Waals surface area contributed by atoms with Crippen molar-refractivity contribution < 1.29 is 0 Å². The third-order valence-corrected chi connectivity index (χ3v) is 2.64. The normalized spacial score (nSPS) is 12.6. The van der Waals surface area contributed by atoms with Crippen LogP contribution in [0.5, 0.6) is 0 Å². The lowest BCUT2D eigenvalue weighted by atomic mass is 10.2. The Balaban J connectivity index is 2.44. The lowest BCUT2D eigenvalue weighted by Gasteiger charge is -2.12. The molecule has 0 saturated carbocycles. The van der Waals surface area contributed by atoms with Crippen LogP contribution >= 0.6 is 0 Å². The summed E-state index contributed by atoms with van der Waals surface area (Å²) >= 11 is 0. The zero-order valence-corrected chi connectivity index (χ0v) is 9.46. The van der Waals surface area contributed by atoms with Gasteiger partial charge >= 0.3 is 0 Å². The van der Waals surface area contributed by atoms with Crippen molar-refractivity contribution >= 4 is 5.82 Å². The van der Waals surface area contributed by atoms with Gasteiger partial charge in [-0.3, -0.25) is 0 Å². The third kappa shape index (κ3) is 1.88. The Labute approximate surface area is 94.3 Å². The van der Waals surface area contributed by atoms with Gasteiger partial charge in [-0.1, -0.05) is 13.0 Å². The van der Waals surface area contributed by atoms with E-state index >= 15 is 0 Å². The van der Waals surface area contributed by atoms with Gasteiger partial charge in [0.25, 0.3) is 0 Å². The number of nitrogen functional groups attached to an aromatic ring is 1. The molecule has 0 amide bonds. The Morgan fingerprint density at radius 3 is 2.94 bits per heavy atom. The van der Waals surface area contributed by atoms with Gasteiger partial charge in [-0.25, -0.2) is 4.98 Å². The fraction of sp³-hybridized carbons (Fsp3) is 0.364. The van der Waals surface area contributed by atoms with Gasteiger partial charge in [-0.05, 0) is 25.5 Å². The van der Waals surface area contributed by atoms with Crippen molar-refractivity contribution in [3.63, 3.8) is 0 Å². The van der Waals surface area contributed by atoms with Crippen LogP contribution in [0.2, 0.25) is 0 Å². The van der Waals surface area contributed by atoms with Crippen LogP contribution in [0.3, 0.4) is 0 Å². The van der Waals surface area contributed by atoms with Gasteiger partial charge in [-0.2, -0.15) is 0 Å². The summed E-state index contributed by atoms with van der Waals surface area (Å²) in [7, 11) is 0. The van der Waals surface area contributed by atoms with Crippen LogP contribution in [0.25, 0.3) is 11.5 Å². The van der Waals surface area contributed by atoms with E-state index in [1.165, 1.54) is 0 Å². The fourth-order valence-electron chi connectivity index (χ4n) is 1.52. The summed E-state index contributed by atoms with van der Waals surface area (Å²) in [6.07, 6.45) is 2.75. The second-order valence-electron chi connectivity index (χ2n) is 3.77. The van der Waals surface area contributed by atoms with E-state index in [9.17, 15) is 0 Å². The number of hydrogen-bond donors (Lipinski definition) is 1. The molecule has 84 valence electrons. The predicted octanol–water partition coefficient (Wildman–Crippen LogP) is 1.89. The molecule has 0 aliphatic heterocycles. The summed E-state index contributed by atoms with van der Waals surface area (Å²) in [5, 5.41) is 8.02. The molecule has 0 spiro atoms. The van der Waals surface area contributed by atoms with Crippen molar-refractivity contribution in [3.8, 4) is 11.5 Å². The summed E-state index contributed by atoms with van der Waals surface area (Å²) in [5.41, 5.74) is 6.42. The number of rotatable bonds is 3. The van der Waals surface area contributed by atoms with E-state index in [-0.39, 0.29) is 0 Å². The SMILES string of the molecule is CCC(C)n1cnnc1-c1cccc(N)n1. The molecular weight excluding hydrogens is 202 g/mol. The molecule has 16 heavy (non-hydrogen) atoms. The number of nitrogens with two attached hydrogens (primary N) is 1. The summed E-state index contributed by atoms with van der Waals surface area (Å²) < 4.78 is 2.02. The molecule has 1 unspecified atom stereocenters. The maximum atomic E-state index is 5.65. The highest BCUT2D eigenvalue weighted by Gasteiger charge is 2.12. The molecule has 5 heteroatoms. The van der Waals surface area contributed by atoms with Crippen LogP contribution in [-0.4, -0.2) is 19.7 Å². The second-order valence-corrected chi connectivity index (χ2v) is 3.77. The number of aromatic nitrogens is 4. The molecule has 0 aromatic carbocycles. The van der Waals surface area contributed by atoms with Crippen LogP contribution < -0.4 is 5.73 Å². The minimum atomic E-state index is 0.355. The zero-order chi connectivity index (χ0) is 11.5. The van der Waals surface area contributed by atoms with Crippen LogP contribution in [0.1, 0.15) is 26.3 Å². The Morgan fingerprint density at radius 2 is 2.25 bits per heavy atom. The standard InChI is InChI=1S/C11H15N5/c1-3-8(2)16-7-13-15-11(16)9-5-4-6-10(12)14-9/h4-8H,3H2,1-2H3,(H2,12,14). The molecule has 0 aliphatic carbocycles. The third-order valence-electron chi connectivity index (χ3n) is 2.64. The predicted molar refractivity (Wildman–Crippen MR) is 62.7 cm³/mol. The molecule has 0 aliphatic rings. The molecule has 2 aromatic rings. The van der Waals surface area contributed by atoms with E-state index in [0.29, 0.717) is 11.9 Å². The molecule has 1 atom stereocenters. The van der Waals surface area contributed by atoms with Crippen molar-refractivity contribution in [1.29, 1.82) is 0 Å². The lowest BCUT2D eigenvalue weighted by molar-refractivity contribution is 0.533. The second kappa shape index (κ2) is 4.30. The summed E-state index contributed by atoms with van der Waals surface area (Å²) in [5.74, 6) is 1.26. The Bertz CT molecular complexity index is 477. The van der Waals surface area contributed by atoms with Gasteiger partial charge in [0.1, 0.15) is 17.8 Å². The molecule has 0 bridgehead atoms. The summed E-state index contributed by atoms with van der Waals surface area (Å²) in [6, 6.07) is 5.87. The van der Waals surface area contributed by atoms with Crippen molar-refractivity contribution in [3.05, 3.63) is 24.5 Å². The van der Waals surface area contributed by atoms with Gasteiger partial charge < -0.3 is 10.3 Å². The molecule has 2 N–H and O–H groups in total. The number of anilines is 1.